The molecule has 0 atom stereocenters. The summed E-state index contributed by atoms with van der Waals surface area (Å²) in [5.74, 6) is -0.111. The van der Waals surface area contributed by atoms with E-state index in [-0.39, 0.29) is 5.91 Å². The van der Waals surface area contributed by atoms with Crippen LogP contribution in [0.4, 0.5) is 5.13 Å². The lowest BCUT2D eigenvalue weighted by Gasteiger charge is -2.18. The summed E-state index contributed by atoms with van der Waals surface area (Å²) in [5, 5.41) is 1.34. The Labute approximate surface area is 178 Å². The predicted molar refractivity (Wildman–Crippen MR) is 122 cm³/mol. The fourth-order valence-electron chi connectivity index (χ4n) is 3.09. The highest BCUT2D eigenvalue weighted by Gasteiger charge is 2.19. The van der Waals surface area contributed by atoms with E-state index in [0.717, 1.165) is 26.9 Å². The van der Waals surface area contributed by atoms with Crippen LogP contribution in [0, 0.1) is 6.92 Å². The number of halogens is 1. The van der Waals surface area contributed by atoms with Gasteiger partial charge in [0.2, 0.25) is 0 Å². The fraction of sp³-hybridized carbons (Fsp3) is 0.0833. The van der Waals surface area contributed by atoms with Crippen molar-refractivity contribution in [3.8, 4) is 0 Å². The second-order valence-electron chi connectivity index (χ2n) is 6.72. The Kier molecular flexibility index (Phi) is 5.74. The number of fused-ring (bicyclic) bond motifs is 1. The number of nitrogens with zero attached hydrogens (tertiary/aromatic N) is 2. The monoisotopic (exact) mass is 418 g/mol. The smallest absolute Gasteiger partial charge is 0.253 e. The quantitative estimate of drug-likeness (QED) is 0.346. The van der Waals surface area contributed by atoms with Gasteiger partial charge in [-0.05, 0) is 41.8 Å². The highest BCUT2D eigenvalue weighted by Crippen LogP contribution is 2.33. The molecule has 144 valence electrons. The Morgan fingerprint density at radius 3 is 2.48 bits per heavy atom. The first-order valence-electron chi connectivity index (χ1n) is 9.25. The molecule has 0 aliphatic rings. The van der Waals surface area contributed by atoms with Gasteiger partial charge in [0.05, 0.1) is 16.8 Å². The number of aromatic nitrogens is 1. The van der Waals surface area contributed by atoms with Gasteiger partial charge in [-0.2, -0.15) is 0 Å². The number of thiazole rings is 1. The van der Waals surface area contributed by atoms with Crippen LogP contribution >= 0.6 is 22.9 Å². The van der Waals surface area contributed by atoms with Crippen LogP contribution in [-0.2, 0) is 11.3 Å². The molecule has 1 aromatic heterocycles. The van der Waals surface area contributed by atoms with Crippen LogP contribution in [-0.4, -0.2) is 10.9 Å². The van der Waals surface area contributed by atoms with Gasteiger partial charge in [0.25, 0.3) is 5.91 Å². The molecule has 5 heteroatoms. The van der Waals surface area contributed by atoms with E-state index in [2.05, 4.69) is 0 Å². The molecule has 0 fully saturated rings. The number of hydrogen-bond acceptors (Lipinski definition) is 3. The summed E-state index contributed by atoms with van der Waals surface area (Å²) in [6, 6.07) is 23.5. The highest BCUT2D eigenvalue weighted by atomic mass is 35.5. The summed E-state index contributed by atoms with van der Waals surface area (Å²) >= 11 is 7.69. The third-order valence-electron chi connectivity index (χ3n) is 4.54. The lowest BCUT2D eigenvalue weighted by atomic mass is 10.2. The number of benzene rings is 3. The molecule has 0 N–H and O–H groups in total. The molecule has 0 saturated heterocycles. The summed E-state index contributed by atoms with van der Waals surface area (Å²) in [7, 11) is 0. The van der Waals surface area contributed by atoms with Crippen LogP contribution in [0.1, 0.15) is 16.7 Å². The SMILES string of the molecule is Cc1cc(Cl)cc2sc(N(Cc3ccccc3)C(=O)/C=C/c3ccccc3)nc12. The molecule has 0 saturated carbocycles. The molecule has 0 aliphatic carbocycles. The first-order valence-corrected chi connectivity index (χ1v) is 10.4. The average molecular weight is 419 g/mol. The standard InChI is InChI=1S/C24H19ClN2OS/c1-17-14-20(25)15-21-23(17)26-24(29-21)27(16-19-10-6-3-7-11-19)22(28)13-12-18-8-4-2-5-9-18/h2-15H,16H2,1H3/b13-12+. The minimum Gasteiger partial charge on any atom is -0.280 e. The maximum Gasteiger partial charge on any atom is 0.253 e. The molecule has 4 rings (SSSR count). The molecule has 0 unspecified atom stereocenters. The Morgan fingerprint density at radius 1 is 1.07 bits per heavy atom. The maximum atomic E-state index is 13.1. The van der Waals surface area contributed by atoms with Gasteiger partial charge >= 0.3 is 0 Å². The molecule has 3 aromatic carbocycles. The largest absolute Gasteiger partial charge is 0.280 e. The van der Waals surface area contributed by atoms with Crippen molar-refractivity contribution in [3.05, 3.63) is 101 Å². The number of anilines is 1. The zero-order valence-electron chi connectivity index (χ0n) is 15.9. The predicted octanol–water partition coefficient (Wildman–Crippen LogP) is 6.50. The van der Waals surface area contributed by atoms with Gasteiger partial charge in [0.15, 0.2) is 5.13 Å². The van der Waals surface area contributed by atoms with E-state index in [1.807, 2.05) is 85.8 Å². The molecule has 1 heterocycles. The molecule has 3 nitrogen and oxygen atoms in total. The molecular formula is C24H19ClN2OS. The summed E-state index contributed by atoms with van der Waals surface area (Å²) in [6.45, 7) is 2.43. The summed E-state index contributed by atoms with van der Waals surface area (Å²) in [5.41, 5.74) is 3.91. The number of carbonyl (C=O) groups is 1. The Hall–Kier alpha value is -2.95. The van der Waals surface area contributed by atoms with Crippen LogP contribution < -0.4 is 4.90 Å². The summed E-state index contributed by atoms with van der Waals surface area (Å²) < 4.78 is 0.975. The molecule has 29 heavy (non-hydrogen) atoms. The van der Waals surface area contributed by atoms with E-state index >= 15 is 0 Å². The minimum absolute atomic E-state index is 0.111. The van der Waals surface area contributed by atoms with E-state index in [1.54, 1.807) is 11.0 Å². The van der Waals surface area contributed by atoms with Gasteiger partial charge in [-0.1, -0.05) is 83.6 Å². The van der Waals surface area contributed by atoms with Crippen molar-refractivity contribution in [2.75, 3.05) is 4.90 Å². The molecule has 4 aromatic rings. The summed E-state index contributed by atoms with van der Waals surface area (Å²) in [4.78, 5) is 19.6. The second-order valence-corrected chi connectivity index (χ2v) is 8.17. The molecule has 0 aliphatic heterocycles. The Balaban J connectivity index is 1.71. The van der Waals surface area contributed by atoms with Gasteiger partial charge in [0, 0.05) is 11.1 Å². The number of rotatable bonds is 5. The topological polar surface area (TPSA) is 33.2 Å². The molecule has 1 amide bonds. The second kappa shape index (κ2) is 8.60. The maximum absolute atomic E-state index is 13.1. The number of amides is 1. The van der Waals surface area contributed by atoms with Crippen LogP contribution in [0.2, 0.25) is 5.02 Å². The van der Waals surface area contributed by atoms with Crippen LogP contribution in [0.15, 0.2) is 78.9 Å². The van der Waals surface area contributed by atoms with Gasteiger partial charge in [-0.25, -0.2) is 4.98 Å². The minimum atomic E-state index is -0.111. The van der Waals surface area contributed by atoms with Crippen molar-refractivity contribution in [1.29, 1.82) is 0 Å². The lowest BCUT2D eigenvalue weighted by Crippen LogP contribution is -2.28. The van der Waals surface area contributed by atoms with Crippen molar-refractivity contribution >= 4 is 50.3 Å². The molecular weight excluding hydrogens is 400 g/mol. The van der Waals surface area contributed by atoms with Gasteiger partial charge in [-0.15, -0.1) is 0 Å². The zero-order chi connectivity index (χ0) is 20.2. The third-order valence-corrected chi connectivity index (χ3v) is 5.78. The van der Waals surface area contributed by atoms with Gasteiger partial charge in [0.1, 0.15) is 0 Å². The Bertz CT molecular complexity index is 1170. The van der Waals surface area contributed by atoms with E-state index in [4.69, 9.17) is 16.6 Å². The molecule has 0 bridgehead atoms. The Morgan fingerprint density at radius 2 is 1.76 bits per heavy atom. The normalized spacial score (nSPS) is 11.2. The van der Waals surface area contributed by atoms with Crippen molar-refractivity contribution in [1.82, 2.24) is 4.98 Å². The number of aryl methyl sites for hydroxylation is 1. The third kappa shape index (κ3) is 4.56. The van der Waals surface area contributed by atoms with Gasteiger partial charge < -0.3 is 0 Å². The zero-order valence-corrected chi connectivity index (χ0v) is 17.5. The fourth-order valence-corrected chi connectivity index (χ4v) is 4.51. The van der Waals surface area contributed by atoms with E-state index < -0.39 is 0 Å². The summed E-state index contributed by atoms with van der Waals surface area (Å²) in [6.07, 6.45) is 3.43. The van der Waals surface area contributed by atoms with Crippen LogP contribution in [0.3, 0.4) is 0 Å². The molecule has 0 radical (unpaired) electrons. The van der Waals surface area contributed by atoms with Crippen molar-refractivity contribution in [2.45, 2.75) is 13.5 Å². The van der Waals surface area contributed by atoms with Crippen molar-refractivity contribution in [3.63, 3.8) is 0 Å². The molecule has 0 spiro atoms. The van der Waals surface area contributed by atoms with E-state index in [0.29, 0.717) is 16.7 Å². The first kappa shape index (κ1) is 19.4. The van der Waals surface area contributed by atoms with Crippen LogP contribution in [0.5, 0.6) is 0 Å². The van der Waals surface area contributed by atoms with Crippen molar-refractivity contribution < 1.29 is 4.79 Å². The number of carbonyl (C=O) groups excluding carboxylic acids is 1. The van der Waals surface area contributed by atoms with E-state index in [1.165, 1.54) is 11.3 Å². The van der Waals surface area contributed by atoms with E-state index in [9.17, 15) is 4.79 Å². The highest BCUT2D eigenvalue weighted by molar-refractivity contribution is 7.22. The lowest BCUT2D eigenvalue weighted by molar-refractivity contribution is -0.114. The number of hydrogen-bond donors (Lipinski definition) is 0. The van der Waals surface area contributed by atoms with Crippen molar-refractivity contribution in [2.24, 2.45) is 0 Å². The van der Waals surface area contributed by atoms with Crippen LogP contribution in [0.25, 0.3) is 16.3 Å². The first-order chi connectivity index (χ1) is 14.1. The van der Waals surface area contributed by atoms with Gasteiger partial charge in [-0.3, -0.25) is 9.69 Å². The average Bonchev–Trinajstić information content (AvgIpc) is 3.16.